The Kier molecular flexibility index (Phi) is 7.78. The third kappa shape index (κ3) is 6.51. The summed E-state index contributed by atoms with van der Waals surface area (Å²) in [6, 6.07) is 7.72. The van der Waals surface area contributed by atoms with E-state index in [0.717, 1.165) is 43.9 Å². The number of unbranched alkanes of at least 4 members (excludes halogenated alkanes) is 2. The second kappa shape index (κ2) is 10.1. The van der Waals surface area contributed by atoms with Crippen molar-refractivity contribution in [2.24, 2.45) is 0 Å². The molecule has 4 nitrogen and oxygen atoms in total. The summed E-state index contributed by atoms with van der Waals surface area (Å²) in [7, 11) is 0. The molecule has 1 aliphatic rings. The number of benzene rings is 1. The maximum atomic E-state index is 12.0. The molecule has 0 saturated carbocycles. The topological polar surface area (TPSA) is 38.8 Å². The average Bonchev–Trinajstić information content (AvgIpc) is 2.60. The molecule has 0 spiro atoms. The summed E-state index contributed by atoms with van der Waals surface area (Å²) in [4.78, 5) is 14.0. The summed E-state index contributed by atoms with van der Waals surface area (Å²) < 4.78 is 11.1. The van der Waals surface area contributed by atoms with Gasteiger partial charge in [-0.1, -0.05) is 0 Å². The Morgan fingerprint density at radius 3 is 2.26 bits per heavy atom. The first-order valence-corrected chi connectivity index (χ1v) is 8.93. The van der Waals surface area contributed by atoms with E-state index >= 15 is 0 Å². The van der Waals surface area contributed by atoms with Crippen molar-refractivity contribution in [3.63, 3.8) is 0 Å². The van der Waals surface area contributed by atoms with Crippen LogP contribution in [0.5, 0.6) is 11.5 Å². The van der Waals surface area contributed by atoms with Crippen molar-refractivity contribution >= 4 is 5.91 Å². The Bertz CT molecular complexity index is 452. The molecule has 23 heavy (non-hydrogen) atoms. The predicted octanol–water partition coefficient (Wildman–Crippen LogP) is 4.04. The molecule has 0 atom stereocenters. The van der Waals surface area contributed by atoms with Crippen LogP contribution >= 0.6 is 0 Å². The molecule has 1 amide bonds. The summed E-state index contributed by atoms with van der Waals surface area (Å²) in [6.07, 6.45) is 7.28. The highest BCUT2D eigenvalue weighted by atomic mass is 16.5. The Labute approximate surface area is 139 Å². The molecule has 0 aliphatic carbocycles. The minimum atomic E-state index is 0.331. The molecule has 1 saturated heterocycles. The van der Waals surface area contributed by atoms with E-state index in [1.54, 1.807) is 0 Å². The van der Waals surface area contributed by atoms with Crippen LogP contribution in [0.25, 0.3) is 0 Å². The van der Waals surface area contributed by atoms with Crippen molar-refractivity contribution in [2.75, 3.05) is 26.3 Å². The van der Waals surface area contributed by atoms with Crippen LogP contribution in [0.3, 0.4) is 0 Å². The normalized spacial score (nSPS) is 14.6. The second-order valence-corrected chi connectivity index (χ2v) is 6.00. The number of ether oxygens (including phenoxy) is 2. The minimum Gasteiger partial charge on any atom is -0.494 e. The van der Waals surface area contributed by atoms with Crippen molar-refractivity contribution in [1.82, 2.24) is 4.90 Å². The molecule has 0 radical (unpaired) electrons. The van der Waals surface area contributed by atoms with Crippen LogP contribution in [0.15, 0.2) is 24.3 Å². The molecule has 1 fully saturated rings. The maximum absolute atomic E-state index is 12.0. The van der Waals surface area contributed by atoms with Gasteiger partial charge in [0.2, 0.25) is 5.91 Å². The highest BCUT2D eigenvalue weighted by Gasteiger charge is 2.15. The number of hydrogen-bond acceptors (Lipinski definition) is 3. The fraction of sp³-hybridized carbons (Fsp3) is 0.632. The van der Waals surface area contributed by atoms with E-state index in [9.17, 15) is 4.79 Å². The van der Waals surface area contributed by atoms with E-state index in [2.05, 4.69) is 0 Å². The van der Waals surface area contributed by atoms with Gasteiger partial charge in [-0.3, -0.25) is 4.79 Å². The lowest BCUT2D eigenvalue weighted by Crippen LogP contribution is -2.35. The Hall–Kier alpha value is -1.71. The highest BCUT2D eigenvalue weighted by Crippen LogP contribution is 2.18. The average molecular weight is 319 g/mol. The first-order valence-electron chi connectivity index (χ1n) is 8.93. The molecule has 128 valence electrons. The molecule has 4 heteroatoms. The van der Waals surface area contributed by atoms with Crippen LogP contribution in [0, 0.1) is 0 Å². The number of nitrogens with zero attached hydrogens (tertiary/aromatic N) is 1. The Morgan fingerprint density at radius 1 is 0.957 bits per heavy atom. The van der Waals surface area contributed by atoms with Crippen LogP contribution in [0.4, 0.5) is 0 Å². The van der Waals surface area contributed by atoms with Gasteiger partial charge in [0.1, 0.15) is 11.5 Å². The Morgan fingerprint density at radius 2 is 1.61 bits per heavy atom. The minimum absolute atomic E-state index is 0.331. The van der Waals surface area contributed by atoms with Gasteiger partial charge in [0, 0.05) is 19.5 Å². The monoisotopic (exact) mass is 319 g/mol. The molecule has 0 bridgehead atoms. The molecule has 1 aromatic rings. The van der Waals surface area contributed by atoms with Crippen LogP contribution in [-0.2, 0) is 4.79 Å². The smallest absolute Gasteiger partial charge is 0.222 e. The van der Waals surface area contributed by atoms with Gasteiger partial charge in [0.05, 0.1) is 13.2 Å². The first-order chi connectivity index (χ1) is 11.3. The second-order valence-electron chi connectivity index (χ2n) is 6.00. The van der Waals surface area contributed by atoms with Crippen LogP contribution in [-0.4, -0.2) is 37.1 Å². The van der Waals surface area contributed by atoms with Gasteiger partial charge in [0.25, 0.3) is 0 Å². The van der Waals surface area contributed by atoms with Crippen LogP contribution in [0.1, 0.15) is 51.9 Å². The van der Waals surface area contributed by atoms with E-state index in [1.165, 1.54) is 19.3 Å². The summed E-state index contributed by atoms with van der Waals surface area (Å²) in [5, 5.41) is 0. The van der Waals surface area contributed by atoms with E-state index in [1.807, 2.05) is 36.1 Å². The molecular formula is C19H29NO3. The van der Waals surface area contributed by atoms with Gasteiger partial charge in [-0.15, -0.1) is 0 Å². The van der Waals surface area contributed by atoms with Crippen molar-refractivity contribution in [1.29, 1.82) is 0 Å². The van der Waals surface area contributed by atoms with Gasteiger partial charge in [0.15, 0.2) is 0 Å². The van der Waals surface area contributed by atoms with Crippen LogP contribution < -0.4 is 9.47 Å². The van der Waals surface area contributed by atoms with Crippen molar-refractivity contribution in [3.8, 4) is 11.5 Å². The standard InChI is InChI=1S/C19H29NO3/c1-2-22-17-10-12-18(13-11-17)23-16-8-3-5-9-19(21)20-14-6-4-7-15-20/h10-13H,2-9,14-16H2,1H3. The predicted molar refractivity (Wildman–Crippen MR) is 92.0 cm³/mol. The molecule has 1 heterocycles. The van der Waals surface area contributed by atoms with E-state index in [0.29, 0.717) is 25.5 Å². The number of amides is 1. The SMILES string of the molecule is CCOc1ccc(OCCCCCC(=O)N2CCCCC2)cc1. The van der Waals surface area contributed by atoms with Gasteiger partial charge in [-0.25, -0.2) is 0 Å². The zero-order valence-corrected chi connectivity index (χ0v) is 14.3. The van der Waals surface area contributed by atoms with Gasteiger partial charge in [-0.05, 0) is 69.7 Å². The molecule has 0 unspecified atom stereocenters. The van der Waals surface area contributed by atoms with E-state index in [4.69, 9.17) is 9.47 Å². The quantitative estimate of drug-likeness (QED) is 0.645. The lowest BCUT2D eigenvalue weighted by molar-refractivity contribution is -0.132. The van der Waals surface area contributed by atoms with E-state index in [-0.39, 0.29) is 0 Å². The molecule has 0 aromatic heterocycles. The third-order valence-corrected chi connectivity index (χ3v) is 4.15. The lowest BCUT2D eigenvalue weighted by Gasteiger charge is -2.26. The van der Waals surface area contributed by atoms with Gasteiger partial charge < -0.3 is 14.4 Å². The zero-order valence-electron chi connectivity index (χ0n) is 14.3. The summed E-state index contributed by atoms with van der Waals surface area (Å²) in [6.45, 7) is 5.27. The van der Waals surface area contributed by atoms with Crippen molar-refractivity contribution < 1.29 is 14.3 Å². The third-order valence-electron chi connectivity index (χ3n) is 4.15. The number of carbonyl (C=O) groups is 1. The van der Waals surface area contributed by atoms with Crippen LogP contribution in [0.2, 0.25) is 0 Å². The first kappa shape index (κ1) is 17.6. The number of rotatable bonds is 9. The number of carbonyl (C=O) groups excluding carboxylic acids is 1. The summed E-state index contributed by atoms with van der Waals surface area (Å²) in [5.74, 6) is 2.08. The number of piperidine rings is 1. The number of hydrogen-bond donors (Lipinski definition) is 0. The molecule has 1 aromatic carbocycles. The fourth-order valence-corrected chi connectivity index (χ4v) is 2.85. The molecule has 2 rings (SSSR count). The highest BCUT2D eigenvalue weighted by molar-refractivity contribution is 5.76. The number of likely N-dealkylation sites (tertiary alicyclic amines) is 1. The zero-order chi connectivity index (χ0) is 16.3. The van der Waals surface area contributed by atoms with Gasteiger partial charge in [-0.2, -0.15) is 0 Å². The Balaban J connectivity index is 1.52. The lowest BCUT2D eigenvalue weighted by atomic mass is 10.1. The largest absolute Gasteiger partial charge is 0.494 e. The van der Waals surface area contributed by atoms with Gasteiger partial charge >= 0.3 is 0 Å². The maximum Gasteiger partial charge on any atom is 0.222 e. The van der Waals surface area contributed by atoms with Crippen molar-refractivity contribution in [2.45, 2.75) is 51.9 Å². The van der Waals surface area contributed by atoms with E-state index < -0.39 is 0 Å². The molecule has 0 N–H and O–H groups in total. The molecular weight excluding hydrogens is 290 g/mol. The summed E-state index contributed by atoms with van der Waals surface area (Å²) >= 11 is 0. The fourth-order valence-electron chi connectivity index (χ4n) is 2.85. The summed E-state index contributed by atoms with van der Waals surface area (Å²) in [5.41, 5.74) is 0. The molecule has 1 aliphatic heterocycles. The van der Waals surface area contributed by atoms with Crippen molar-refractivity contribution in [3.05, 3.63) is 24.3 Å².